The normalized spacial score (nSPS) is 17.5. The molecule has 0 nitrogen and oxygen atoms in total. The second kappa shape index (κ2) is 4.39. The maximum atomic E-state index is 3.84. The van der Waals surface area contributed by atoms with Crippen molar-refractivity contribution in [3.05, 3.63) is 37.0 Å². The first kappa shape index (κ1) is 10.2. The molecule has 1 aliphatic carbocycles. The first-order valence-electron chi connectivity index (χ1n) is 4.18. The first-order valence-corrected chi connectivity index (χ1v) is 11.9. The second-order valence-corrected chi connectivity index (χ2v) is 20.0. The van der Waals surface area contributed by atoms with Gasteiger partial charge in [-0.05, 0) is 0 Å². The van der Waals surface area contributed by atoms with Gasteiger partial charge in [0.15, 0.2) is 0 Å². The molecule has 0 aromatic heterocycles. The molecule has 2 heteroatoms. The van der Waals surface area contributed by atoms with Crippen LogP contribution in [0.5, 0.6) is 0 Å². The average molecular weight is 359 g/mol. The molecule has 0 heterocycles. The van der Waals surface area contributed by atoms with Crippen LogP contribution in [0.4, 0.5) is 0 Å². The zero-order valence-corrected chi connectivity index (χ0v) is 11.0. The summed E-state index contributed by atoms with van der Waals surface area (Å²) in [6, 6.07) is 0.413. The van der Waals surface area contributed by atoms with Crippen LogP contribution in [-0.2, 0) is 17.8 Å². The molecule has 12 heavy (non-hydrogen) atoms. The van der Waals surface area contributed by atoms with E-state index in [1.807, 2.05) is 0 Å². The fourth-order valence-corrected chi connectivity index (χ4v) is 12.3. The third kappa shape index (κ3) is 3.24. The molecule has 0 saturated carbocycles. The second-order valence-electron chi connectivity index (χ2n) is 3.39. The Morgan fingerprint density at radius 2 is 2.00 bits per heavy atom. The third-order valence-corrected chi connectivity index (χ3v) is 13.5. The Morgan fingerprint density at radius 3 is 2.50 bits per heavy atom. The van der Waals surface area contributed by atoms with Crippen molar-refractivity contribution >= 4 is 6.05 Å². The molecule has 0 aliphatic heterocycles. The Labute approximate surface area is 84.2 Å². The summed E-state index contributed by atoms with van der Waals surface area (Å²) in [6.07, 6.45) is 11.2. The van der Waals surface area contributed by atoms with Crippen LogP contribution in [0.25, 0.3) is 0 Å². The molecule has 0 atom stereocenters. The van der Waals surface area contributed by atoms with E-state index in [0.717, 1.165) is 4.31 Å². The van der Waals surface area contributed by atoms with Gasteiger partial charge in [0.2, 0.25) is 0 Å². The molecule has 0 amide bonds. The zero-order chi connectivity index (χ0) is 9.03. The van der Waals surface area contributed by atoms with Gasteiger partial charge in [0.05, 0.1) is 0 Å². The maximum absolute atomic E-state index is 3.84. The number of rotatable bonds is 4. The molecule has 1 aliphatic rings. The summed E-state index contributed by atoms with van der Waals surface area (Å²) in [7, 11) is 0. The van der Waals surface area contributed by atoms with E-state index in [1.54, 1.807) is 0 Å². The summed E-state index contributed by atoms with van der Waals surface area (Å²) in [5.41, 5.74) is 0. The zero-order valence-electron chi connectivity index (χ0n) is 7.69. The predicted octanol–water partition coefficient (Wildman–Crippen LogP) is 3.37. The van der Waals surface area contributed by atoms with Crippen LogP contribution in [0.3, 0.4) is 0 Å². The molecule has 0 fully saturated rings. The van der Waals surface area contributed by atoms with Crippen LogP contribution in [0.2, 0.25) is 23.4 Å². The van der Waals surface area contributed by atoms with Crippen LogP contribution in [0.15, 0.2) is 37.0 Å². The minimum atomic E-state index is -0.878. The summed E-state index contributed by atoms with van der Waals surface area (Å²) in [6.45, 7) is 8.81. The molecule has 0 spiro atoms. The van der Waals surface area contributed by atoms with Gasteiger partial charge in [0.25, 0.3) is 0 Å². The van der Waals surface area contributed by atoms with E-state index < -0.39 is 6.05 Å². The molecular formula is C10H16PtSi. The van der Waals surface area contributed by atoms with Gasteiger partial charge in [-0.3, -0.25) is 0 Å². The van der Waals surface area contributed by atoms with Crippen LogP contribution in [0.1, 0.15) is 0 Å². The van der Waals surface area contributed by atoms with Crippen LogP contribution in [-0.4, -0.2) is 6.05 Å². The molecule has 0 aromatic carbocycles. The molecule has 0 bridgehead atoms. The van der Waals surface area contributed by atoms with E-state index in [9.17, 15) is 0 Å². The Hall–Kier alpha value is 0.125. The molecule has 70 valence electrons. The van der Waals surface area contributed by atoms with Gasteiger partial charge in [-0.25, -0.2) is 0 Å². The van der Waals surface area contributed by atoms with E-state index in [-0.39, 0.29) is 0 Å². The van der Waals surface area contributed by atoms with E-state index in [4.69, 9.17) is 0 Å². The van der Waals surface area contributed by atoms with E-state index in [1.165, 1.54) is 6.04 Å². The van der Waals surface area contributed by atoms with Gasteiger partial charge in [-0.1, -0.05) is 0 Å². The van der Waals surface area contributed by atoms with Crippen LogP contribution < -0.4 is 0 Å². The molecule has 0 N–H and O–H groups in total. The Balaban J connectivity index is 2.43. The summed E-state index contributed by atoms with van der Waals surface area (Å²) in [5, 5.41) is 0. The average Bonchev–Trinajstić information content (AvgIpc) is 2.38. The minimum absolute atomic E-state index is 0.352. The molecule has 0 unspecified atom stereocenters. The van der Waals surface area contributed by atoms with Gasteiger partial charge < -0.3 is 0 Å². The van der Waals surface area contributed by atoms with Crippen LogP contribution >= 0.6 is 0 Å². The van der Waals surface area contributed by atoms with Gasteiger partial charge in [-0.15, -0.1) is 0 Å². The van der Waals surface area contributed by atoms with Gasteiger partial charge in [-0.2, -0.15) is 0 Å². The van der Waals surface area contributed by atoms with Crippen molar-refractivity contribution in [1.82, 2.24) is 0 Å². The summed E-state index contributed by atoms with van der Waals surface area (Å²) >= 11 is 0.352. The Kier molecular flexibility index (Phi) is 3.73. The van der Waals surface area contributed by atoms with Gasteiger partial charge in [0, 0.05) is 0 Å². The van der Waals surface area contributed by atoms with Crippen molar-refractivity contribution in [3.8, 4) is 0 Å². The summed E-state index contributed by atoms with van der Waals surface area (Å²) < 4.78 is 0.826. The van der Waals surface area contributed by atoms with E-state index in [0.29, 0.717) is 17.8 Å². The fourth-order valence-electron chi connectivity index (χ4n) is 1.11. The summed E-state index contributed by atoms with van der Waals surface area (Å²) in [4.78, 5) is 0. The van der Waals surface area contributed by atoms with Gasteiger partial charge >= 0.3 is 84.3 Å². The number of hydrogen-bond acceptors (Lipinski definition) is 0. The van der Waals surface area contributed by atoms with Crippen molar-refractivity contribution in [2.24, 2.45) is 0 Å². The molecule has 0 radical (unpaired) electrons. The number of allylic oxidation sites excluding steroid dienone is 5. The Bertz CT molecular complexity index is 204. The van der Waals surface area contributed by atoms with Crippen LogP contribution in [0, 0.1) is 0 Å². The summed E-state index contributed by atoms with van der Waals surface area (Å²) in [5.74, 6) is 0. The first-order chi connectivity index (χ1) is 5.64. The van der Waals surface area contributed by atoms with Crippen molar-refractivity contribution < 1.29 is 17.8 Å². The fraction of sp³-hybridized carbons (Fsp3) is 0.400. The van der Waals surface area contributed by atoms with Gasteiger partial charge in [0.1, 0.15) is 0 Å². The SMILES string of the molecule is C=CC[Si](C)(C)[Pt][CH]1C=CC=C1. The molecule has 0 saturated heterocycles. The van der Waals surface area contributed by atoms with E-state index >= 15 is 0 Å². The van der Waals surface area contributed by atoms with Crippen molar-refractivity contribution in [3.63, 3.8) is 0 Å². The Morgan fingerprint density at radius 1 is 1.42 bits per heavy atom. The number of hydrogen-bond donors (Lipinski definition) is 0. The topological polar surface area (TPSA) is 0 Å². The quantitative estimate of drug-likeness (QED) is 0.533. The predicted molar refractivity (Wildman–Crippen MR) is 54.5 cm³/mol. The van der Waals surface area contributed by atoms with Crippen molar-refractivity contribution in [2.45, 2.75) is 23.4 Å². The van der Waals surface area contributed by atoms with E-state index in [2.05, 4.69) is 50.1 Å². The molecular weight excluding hydrogens is 343 g/mol. The van der Waals surface area contributed by atoms with Crippen molar-refractivity contribution in [1.29, 1.82) is 0 Å². The monoisotopic (exact) mass is 359 g/mol. The standard InChI is InChI=1S/C5H11Si.C5H5.Pt/c1-4-5-6(2)3;1-2-4-5-3-1;/h4H,1,5H2,2-3H3;1-5H;. The molecule has 1 rings (SSSR count). The third-order valence-electron chi connectivity index (χ3n) is 1.65. The van der Waals surface area contributed by atoms with Crippen molar-refractivity contribution in [2.75, 3.05) is 0 Å². The molecule has 0 aromatic rings.